The first kappa shape index (κ1) is 31.4. The number of aliphatic hydroxyl groups excluding tert-OH is 1. The SMILES string of the molecule is CCCCCCCCCCCCCCCCCC(N)C(CCCCO)CCCCC(=O)O. The van der Waals surface area contributed by atoms with E-state index in [4.69, 9.17) is 15.9 Å². The van der Waals surface area contributed by atoms with Gasteiger partial charge in [0.15, 0.2) is 0 Å². The molecular weight excluding hydrogens is 398 g/mol. The molecule has 192 valence electrons. The van der Waals surface area contributed by atoms with E-state index in [9.17, 15) is 4.79 Å². The summed E-state index contributed by atoms with van der Waals surface area (Å²) < 4.78 is 0. The third kappa shape index (κ3) is 22.6. The Hall–Kier alpha value is -0.610. The highest BCUT2D eigenvalue weighted by Gasteiger charge is 2.17. The predicted molar refractivity (Wildman–Crippen MR) is 138 cm³/mol. The van der Waals surface area contributed by atoms with Crippen molar-refractivity contribution in [3.8, 4) is 0 Å². The molecule has 0 spiro atoms. The van der Waals surface area contributed by atoms with Crippen LogP contribution in [-0.2, 0) is 4.79 Å². The molecule has 0 radical (unpaired) electrons. The number of hydrogen-bond donors (Lipinski definition) is 3. The molecule has 0 aliphatic heterocycles. The van der Waals surface area contributed by atoms with Crippen molar-refractivity contribution in [3.05, 3.63) is 0 Å². The topological polar surface area (TPSA) is 83.5 Å². The lowest BCUT2D eigenvalue weighted by Crippen LogP contribution is -2.30. The van der Waals surface area contributed by atoms with Crippen LogP contribution in [0.1, 0.15) is 155 Å². The fourth-order valence-electron chi connectivity index (χ4n) is 4.76. The van der Waals surface area contributed by atoms with Gasteiger partial charge in [-0.3, -0.25) is 4.79 Å². The number of carbonyl (C=O) groups is 1. The third-order valence-electron chi connectivity index (χ3n) is 6.95. The van der Waals surface area contributed by atoms with E-state index in [1.54, 1.807) is 0 Å². The van der Waals surface area contributed by atoms with E-state index >= 15 is 0 Å². The number of aliphatic hydroxyl groups is 1. The lowest BCUT2D eigenvalue weighted by atomic mass is 9.86. The fraction of sp³-hybridized carbons (Fsp3) is 0.964. The van der Waals surface area contributed by atoms with E-state index in [1.807, 2.05) is 0 Å². The van der Waals surface area contributed by atoms with Crippen LogP contribution in [0, 0.1) is 5.92 Å². The van der Waals surface area contributed by atoms with Crippen LogP contribution < -0.4 is 5.73 Å². The largest absolute Gasteiger partial charge is 0.481 e. The molecule has 0 fully saturated rings. The zero-order valence-electron chi connectivity index (χ0n) is 21.5. The zero-order chi connectivity index (χ0) is 23.7. The number of unbranched alkanes of at least 4 members (excludes halogenated alkanes) is 16. The van der Waals surface area contributed by atoms with E-state index in [0.717, 1.165) is 44.9 Å². The van der Waals surface area contributed by atoms with Gasteiger partial charge in [0, 0.05) is 19.1 Å². The molecule has 0 saturated heterocycles. The van der Waals surface area contributed by atoms with Gasteiger partial charge in [0.05, 0.1) is 0 Å². The molecule has 0 aliphatic rings. The van der Waals surface area contributed by atoms with Crippen LogP contribution in [0.5, 0.6) is 0 Å². The Morgan fingerprint density at radius 1 is 0.625 bits per heavy atom. The van der Waals surface area contributed by atoms with Crippen LogP contribution in [0.3, 0.4) is 0 Å². The Labute approximate surface area is 200 Å². The van der Waals surface area contributed by atoms with Crippen LogP contribution in [0.2, 0.25) is 0 Å². The summed E-state index contributed by atoms with van der Waals surface area (Å²) in [5.74, 6) is -0.231. The Morgan fingerprint density at radius 3 is 1.47 bits per heavy atom. The smallest absolute Gasteiger partial charge is 0.303 e. The number of carboxylic acid groups (broad SMARTS) is 1. The first-order valence-electron chi connectivity index (χ1n) is 14.2. The summed E-state index contributed by atoms with van der Waals surface area (Å²) in [5.41, 5.74) is 6.52. The van der Waals surface area contributed by atoms with Crippen LogP contribution in [0.25, 0.3) is 0 Å². The quantitative estimate of drug-likeness (QED) is 0.115. The fourth-order valence-corrected chi connectivity index (χ4v) is 4.76. The standard InChI is InChI=1S/C28H57NO3/c1-2-3-4-5-6-7-8-9-10-11-12-13-14-15-16-23-27(29)26(22-19-20-25-30)21-17-18-24-28(31)32/h26-27,30H,2-25,29H2,1H3,(H,31,32). The number of carboxylic acids is 1. The van der Waals surface area contributed by atoms with Crippen LogP contribution in [0.4, 0.5) is 0 Å². The van der Waals surface area contributed by atoms with Gasteiger partial charge in [0.25, 0.3) is 0 Å². The number of aliphatic carboxylic acids is 1. The number of rotatable bonds is 26. The van der Waals surface area contributed by atoms with E-state index in [0.29, 0.717) is 5.92 Å². The Morgan fingerprint density at radius 2 is 1.03 bits per heavy atom. The molecule has 0 saturated carbocycles. The van der Waals surface area contributed by atoms with Gasteiger partial charge >= 0.3 is 5.97 Å². The summed E-state index contributed by atoms with van der Waals surface area (Å²) in [6.45, 7) is 2.53. The predicted octanol–water partition coefficient (Wildman–Crippen LogP) is 8.00. The lowest BCUT2D eigenvalue weighted by molar-refractivity contribution is -0.137. The van der Waals surface area contributed by atoms with Crippen molar-refractivity contribution in [3.63, 3.8) is 0 Å². The van der Waals surface area contributed by atoms with Gasteiger partial charge < -0.3 is 15.9 Å². The normalized spacial score (nSPS) is 13.3. The molecule has 4 heteroatoms. The number of nitrogens with two attached hydrogens (primary N) is 1. The molecule has 2 unspecified atom stereocenters. The number of hydrogen-bond acceptors (Lipinski definition) is 3. The average Bonchev–Trinajstić information content (AvgIpc) is 2.77. The summed E-state index contributed by atoms with van der Waals surface area (Å²) in [5, 5.41) is 17.9. The van der Waals surface area contributed by atoms with Gasteiger partial charge in [-0.25, -0.2) is 0 Å². The van der Waals surface area contributed by atoms with Crippen molar-refractivity contribution in [2.45, 2.75) is 161 Å². The minimum atomic E-state index is -0.705. The second-order valence-corrected chi connectivity index (χ2v) is 10.0. The molecule has 0 bridgehead atoms. The van der Waals surface area contributed by atoms with Gasteiger partial charge in [0.2, 0.25) is 0 Å². The zero-order valence-corrected chi connectivity index (χ0v) is 21.5. The lowest BCUT2D eigenvalue weighted by Gasteiger charge is -2.24. The van der Waals surface area contributed by atoms with E-state index in [1.165, 1.54) is 96.3 Å². The monoisotopic (exact) mass is 455 g/mol. The first-order valence-corrected chi connectivity index (χ1v) is 14.2. The molecule has 2 atom stereocenters. The van der Waals surface area contributed by atoms with Crippen LogP contribution in [0.15, 0.2) is 0 Å². The molecule has 0 amide bonds. The minimum Gasteiger partial charge on any atom is -0.481 e. The summed E-state index contributed by atoms with van der Waals surface area (Å²) in [6, 6.07) is 0.223. The third-order valence-corrected chi connectivity index (χ3v) is 6.95. The Bertz CT molecular complexity index is 389. The van der Waals surface area contributed by atoms with Crippen molar-refractivity contribution in [2.75, 3.05) is 6.61 Å². The van der Waals surface area contributed by atoms with Gasteiger partial charge in [-0.2, -0.15) is 0 Å². The van der Waals surface area contributed by atoms with Crippen molar-refractivity contribution in [2.24, 2.45) is 11.7 Å². The van der Waals surface area contributed by atoms with E-state index in [-0.39, 0.29) is 19.1 Å². The van der Waals surface area contributed by atoms with Crippen molar-refractivity contribution in [1.29, 1.82) is 0 Å². The van der Waals surface area contributed by atoms with Crippen molar-refractivity contribution in [1.82, 2.24) is 0 Å². The summed E-state index contributed by atoms with van der Waals surface area (Å²) >= 11 is 0. The molecule has 0 aliphatic carbocycles. The van der Waals surface area contributed by atoms with Crippen LogP contribution in [-0.4, -0.2) is 28.8 Å². The molecule has 4 nitrogen and oxygen atoms in total. The average molecular weight is 456 g/mol. The van der Waals surface area contributed by atoms with E-state index in [2.05, 4.69) is 6.92 Å². The Balaban J connectivity index is 3.64. The summed E-state index contributed by atoms with van der Waals surface area (Å²) in [6.07, 6.45) is 27.7. The maximum Gasteiger partial charge on any atom is 0.303 e. The summed E-state index contributed by atoms with van der Waals surface area (Å²) in [4.78, 5) is 10.7. The Kier molecular flexibility index (Phi) is 24.5. The second kappa shape index (κ2) is 25.0. The molecule has 0 aromatic rings. The minimum absolute atomic E-state index is 0.223. The molecular formula is C28H57NO3. The van der Waals surface area contributed by atoms with Crippen LogP contribution >= 0.6 is 0 Å². The molecule has 0 aromatic heterocycles. The van der Waals surface area contributed by atoms with E-state index < -0.39 is 5.97 Å². The molecule has 0 aromatic carbocycles. The molecule has 0 heterocycles. The maximum absolute atomic E-state index is 10.7. The molecule has 32 heavy (non-hydrogen) atoms. The first-order chi connectivity index (χ1) is 15.6. The maximum atomic E-state index is 10.7. The molecule has 4 N–H and O–H groups in total. The van der Waals surface area contributed by atoms with Crippen molar-refractivity contribution < 1.29 is 15.0 Å². The highest BCUT2D eigenvalue weighted by molar-refractivity contribution is 5.66. The second-order valence-electron chi connectivity index (χ2n) is 10.0. The van der Waals surface area contributed by atoms with Gasteiger partial charge in [-0.15, -0.1) is 0 Å². The highest BCUT2D eigenvalue weighted by Crippen LogP contribution is 2.23. The highest BCUT2D eigenvalue weighted by atomic mass is 16.4. The van der Waals surface area contributed by atoms with Gasteiger partial charge in [-0.05, 0) is 38.0 Å². The summed E-state index contributed by atoms with van der Waals surface area (Å²) in [7, 11) is 0. The van der Waals surface area contributed by atoms with Gasteiger partial charge in [0.1, 0.15) is 0 Å². The molecule has 0 rings (SSSR count). The van der Waals surface area contributed by atoms with Crippen molar-refractivity contribution >= 4 is 5.97 Å². The van der Waals surface area contributed by atoms with Gasteiger partial charge in [-0.1, -0.05) is 116 Å².